The molecule has 3 aromatic rings. The molecule has 2 aromatic carbocycles. The lowest BCUT2D eigenvalue weighted by Gasteiger charge is -2.40. The normalized spacial score (nSPS) is 21.9. The van der Waals surface area contributed by atoms with Gasteiger partial charge in [-0.05, 0) is 104 Å². The number of anilines is 1. The average Bonchev–Trinajstić information content (AvgIpc) is 3.13. The summed E-state index contributed by atoms with van der Waals surface area (Å²) in [6, 6.07) is 13.0. The Bertz CT molecular complexity index is 971. The van der Waals surface area contributed by atoms with E-state index in [-0.39, 0.29) is 5.54 Å². The lowest BCUT2D eigenvalue weighted by atomic mass is 9.76. The van der Waals surface area contributed by atoms with Crippen LogP contribution in [0.3, 0.4) is 0 Å². The van der Waals surface area contributed by atoms with Crippen molar-refractivity contribution in [3.63, 3.8) is 0 Å². The van der Waals surface area contributed by atoms with Gasteiger partial charge in [0.1, 0.15) is 0 Å². The van der Waals surface area contributed by atoms with Gasteiger partial charge in [0.2, 0.25) is 0 Å². The van der Waals surface area contributed by atoms with Crippen LogP contribution in [-0.2, 0) is 5.54 Å². The van der Waals surface area contributed by atoms with Gasteiger partial charge in [-0.25, -0.2) is 0 Å². The van der Waals surface area contributed by atoms with Crippen molar-refractivity contribution >= 4 is 5.69 Å². The highest BCUT2D eigenvalue weighted by molar-refractivity contribution is 5.52. The summed E-state index contributed by atoms with van der Waals surface area (Å²) in [4.78, 5) is 0. The van der Waals surface area contributed by atoms with Crippen LogP contribution in [0.2, 0.25) is 0 Å². The van der Waals surface area contributed by atoms with E-state index in [1.54, 1.807) is 0 Å². The van der Waals surface area contributed by atoms with Crippen molar-refractivity contribution in [3.8, 4) is 5.69 Å². The van der Waals surface area contributed by atoms with E-state index < -0.39 is 0 Å². The predicted molar refractivity (Wildman–Crippen MR) is 117 cm³/mol. The molecule has 1 aliphatic carbocycles. The van der Waals surface area contributed by atoms with Crippen LogP contribution in [0.5, 0.6) is 0 Å². The molecule has 152 valence electrons. The lowest BCUT2D eigenvalue weighted by Crippen LogP contribution is -2.41. The van der Waals surface area contributed by atoms with E-state index in [4.69, 9.17) is 0 Å². The zero-order chi connectivity index (χ0) is 20.6. The smallest absolute Gasteiger partial charge is 0.181 e. The molecule has 0 saturated heterocycles. The predicted octanol–water partition coefficient (Wildman–Crippen LogP) is 5.41. The van der Waals surface area contributed by atoms with Crippen LogP contribution >= 0.6 is 0 Å². The minimum atomic E-state index is -0.273. The number of rotatable bonds is 4. The van der Waals surface area contributed by atoms with Crippen molar-refractivity contribution in [1.82, 2.24) is 20.2 Å². The Morgan fingerprint density at radius 2 is 1.59 bits per heavy atom. The first kappa shape index (κ1) is 19.6. The van der Waals surface area contributed by atoms with Gasteiger partial charge in [-0.3, -0.25) is 0 Å². The maximum Gasteiger partial charge on any atom is 0.181 e. The molecule has 5 nitrogen and oxygen atoms in total. The molecule has 1 saturated carbocycles. The molecular weight excluding hydrogens is 358 g/mol. The van der Waals surface area contributed by atoms with Crippen LogP contribution in [-0.4, -0.2) is 20.2 Å². The van der Waals surface area contributed by atoms with Gasteiger partial charge in [0.25, 0.3) is 0 Å². The van der Waals surface area contributed by atoms with Gasteiger partial charge >= 0.3 is 0 Å². The Kier molecular flexibility index (Phi) is 5.15. The highest BCUT2D eigenvalue weighted by Crippen LogP contribution is 2.42. The first-order valence-electron chi connectivity index (χ1n) is 10.6. The first-order chi connectivity index (χ1) is 13.9. The number of aryl methyl sites for hydroxylation is 4. The van der Waals surface area contributed by atoms with Gasteiger partial charge in [0.05, 0.1) is 11.2 Å². The number of tetrazole rings is 1. The second-order valence-electron chi connectivity index (χ2n) is 8.92. The maximum absolute atomic E-state index is 4.58. The largest absolute Gasteiger partial charge is 0.373 e. The summed E-state index contributed by atoms with van der Waals surface area (Å²) in [7, 11) is 0. The SMILES string of the molecule is Cc1cc(C)cc(NC2(c3nnnn3-c3c(C)cccc3C)CCC(C)CC2)c1. The zero-order valence-electron chi connectivity index (χ0n) is 18.2. The first-order valence-corrected chi connectivity index (χ1v) is 10.6. The van der Waals surface area contributed by atoms with Gasteiger partial charge in [-0.2, -0.15) is 4.68 Å². The molecule has 0 bridgehead atoms. The molecule has 1 heterocycles. The summed E-state index contributed by atoms with van der Waals surface area (Å²) in [6.45, 7) is 10.9. The fourth-order valence-electron chi connectivity index (χ4n) is 4.76. The van der Waals surface area contributed by atoms with E-state index in [9.17, 15) is 0 Å². The highest BCUT2D eigenvalue weighted by atomic mass is 15.6. The zero-order valence-corrected chi connectivity index (χ0v) is 18.2. The summed E-state index contributed by atoms with van der Waals surface area (Å²) in [5.41, 5.74) is 6.86. The fraction of sp³-hybridized carbons (Fsp3) is 0.458. The Morgan fingerprint density at radius 1 is 0.966 bits per heavy atom. The Balaban J connectivity index is 1.83. The molecule has 1 fully saturated rings. The minimum absolute atomic E-state index is 0.273. The molecule has 1 aromatic heterocycles. The van der Waals surface area contributed by atoms with Gasteiger partial charge in [0.15, 0.2) is 5.82 Å². The number of para-hydroxylation sites is 1. The third-order valence-corrected chi connectivity index (χ3v) is 6.28. The number of benzene rings is 2. The van der Waals surface area contributed by atoms with Gasteiger partial charge in [0, 0.05) is 5.69 Å². The summed E-state index contributed by atoms with van der Waals surface area (Å²) < 4.78 is 1.97. The van der Waals surface area contributed by atoms with E-state index in [2.05, 4.69) is 91.9 Å². The van der Waals surface area contributed by atoms with Crippen molar-refractivity contribution in [2.24, 2.45) is 5.92 Å². The van der Waals surface area contributed by atoms with Crippen molar-refractivity contribution in [3.05, 3.63) is 64.5 Å². The summed E-state index contributed by atoms with van der Waals surface area (Å²) in [5, 5.41) is 17.0. The molecule has 0 unspecified atom stereocenters. The third kappa shape index (κ3) is 3.78. The number of hydrogen-bond acceptors (Lipinski definition) is 4. The Morgan fingerprint density at radius 3 is 2.21 bits per heavy atom. The Hall–Kier alpha value is -2.69. The number of nitrogens with one attached hydrogen (secondary N) is 1. The van der Waals surface area contributed by atoms with Gasteiger partial charge in [-0.1, -0.05) is 31.2 Å². The van der Waals surface area contributed by atoms with E-state index in [0.717, 1.165) is 48.8 Å². The van der Waals surface area contributed by atoms with E-state index in [1.165, 1.54) is 22.3 Å². The second-order valence-corrected chi connectivity index (χ2v) is 8.92. The highest BCUT2D eigenvalue weighted by Gasteiger charge is 2.41. The number of aromatic nitrogens is 4. The maximum atomic E-state index is 4.58. The topological polar surface area (TPSA) is 55.6 Å². The van der Waals surface area contributed by atoms with Crippen LogP contribution in [0.1, 0.15) is 60.7 Å². The van der Waals surface area contributed by atoms with Crippen LogP contribution in [0.15, 0.2) is 36.4 Å². The van der Waals surface area contributed by atoms with Gasteiger partial charge < -0.3 is 5.32 Å². The quantitative estimate of drug-likeness (QED) is 0.648. The summed E-state index contributed by atoms with van der Waals surface area (Å²) in [6.07, 6.45) is 4.37. The van der Waals surface area contributed by atoms with E-state index in [1.807, 2.05) is 4.68 Å². The van der Waals surface area contributed by atoms with Crippen LogP contribution < -0.4 is 5.32 Å². The molecule has 1 N–H and O–H groups in total. The van der Waals surface area contributed by atoms with Gasteiger partial charge in [-0.15, -0.1) is 5.10 Å². The molecule has 0 aliphatic heterocycles. The van der Waals surface area contributed by atoms with Crippen molar-refractivity contribution in [2.75, 3.05) is 5.32 Å². The molecule has 29 heavy (non-hydrogen) atoms. The molecule has 0 spiro atoms. The summed E-state index contributed by atoms with van der Waals surface area (Å²) >= 11 is 0. The molecule has 0 radical (unpaired) electrons. The molecule has 0 atom stereocenters. The van der Waals surface area contributed by atoms with Crippen molar-refractivity contribution < 1.29 is 0 Å². The summed E-state index contributed by atoms with van der Waals surface area (Å²) in [5.74, 6) is 1.65. The molecule has 0 amide bonds. The third-order valence-electron chi connectivity index (χ3n) is 6.28. The minimum Gasteiger partial charge on any atom is -0.373 e. The molecule has 5 heteroatoms. The van der Waals surface area contributed by atoms with E-state index >= 15 is 0 Å². The lowest BCUT2D eigenvalue weighted by molar-refractivity contribution is 0.255. The number of hydrogen-bond donors (Lipinski definition) is 1. The van der Waals surface area contributed by atoms with Crippen LogP contribution in [0, 0.1) is 33.6 Å². The number of nitrogens with zero attached hydrogens (tertiary/aromatic N) is 4. The second kappa shape index (κ2) is 7.62. The van der Waals surface area contributed by atoms with Crippen molar-refractivity contribution in [2.45, 2.75) is 65.8 Å². The molecule has 1 aliphatic rings. The molecule has 4 rings (SSSR count). The van der Waals surface area contributed by atoms with Crippen LogP contribution in [0.4, 0.5) is 5.69 Å². The molecular formula is C24H31N5. The Labute approximate surface area is 173 Å². The average molecular weight is 390 g/mol. The van der Waals surface area contributed by atoms with Crippen molar-refractivity contribution in [1.29, 1.82) is 0 Å². The van der Waals surface area contributed by atoms with E-state index in [0.29, 0.717) is 0 Å². The monoisotopic (exact) mass is 389 g/mol. The standard InChI is InChI=1S/C24H31N5/c1-16-9-11-24(12-10-16,25-21-14-17(2)13-18(3)15-21)23-26-27-28-29(23)22-19(4)7-6-8-20(22)5/h6-8,13-16,25H,9-12H2,1-5H3. The fourth-order valence-corrected chi connectivity index (χ4v) is 4.76. The van der Waals surface area contributed by atoms with Crippen LogP contribution in [0.25, 0.3) is 5.69 Å².